The van der Waals surface area contributed by atoms with Gasteiger partial charge in [0.1, 0.15) is 11.0 Å². The molecule has 0 saturated heterocycles. The average molecular weight is 289 g/mol. The van der Waals surface area contributed by atoms with E-state index in [1.54, 1.807) is 11.9 Å². The van der Waals surface area contributed by atoms with Crippen LogP contribution in [-0.4, -0.2) is 7.92 Å². The molecule has 98 valence electrons. The van der Waals surface area contributed by atoms with E-state index >= 15 is 0 Å². The molecule has 0 bridgehead atoms. The van der Waals surface area contributed by atoms with Crippen molar-refractivity contribution in [2.75, 3.05) is 0 Å². The highest BCUT2D eigenvalue weighted by Gasteiger charge is 2.30. The Morgan fingerprint density at radius 2 is 1.74 bits per heavy atom. The highest BCUT2D eigenvalue weighted by Crippen LogP contribution is 2.43. The quantitative estimate of drug-likeness (QED) is 0.783. The van der Waals surface area contributed by atoms with E-state index in [0.717, 1.165) is 15.4 Å². The fourth-order valence-electron chi connectivity index (χ4n) is 2.15. The standard InChI is InChI=1S/C15H15NOS2/c1-11-8-9-12(2)15-14(11)18-16(19(15)17)10-13-6-4-3-5-7-13/h3-9H,10H2,1-2H3/t19-/m1/s1. The molecule has 2 aromatic rings. The molecule has 0 unspecified atom stereocenters. The van der Waals surface area contributed by atoms with Crippen molar-refractivity contribution in [3.8, 4) is 0 Å². The van der Waals surface area contributed by atoms with E-state index in [1.165, 1.54) is 11.1 Å². The van der Waals surface area contributed by atoms with Crippen LogP contribution in [0.4, 0.5) is 0 Å². The van der Waals surface area contributed by atoms with Crippen molar-refractivity contribution >= 4 is 22.9 Å². The normalized spacial score (nSPS) is 18.5. The monoisotopic (exact) mass is 289 g/mol. The maximum atomic E-state index is 12.6. The summed E-state index contributed by atoms with van der Waals surface area (Å²) in [4.78, 5) is 2.15. The number of rotatable bonds is 2. The molecule has 0 aromatic heterocycles. The molecule has 1 atom stereocenters. The molecular formula is C15H15NOS2. The van der Waals surface area contributed by atoms with Gasteiger partial charge in [-0.25, -0.2) is 4.21 Å². The maximum Gasteiger partial charge on any atom is 0.139 e. The molecule has 1 heterocycles. The molecule has 0 radical (unpaired) electrons. The molecule has 4 heteroatoms. The van der Waals surface area contributed by atoms with Crippen LogP contribution in [0.15, 0.2) is 52.3 Å². The zero-order chi connectivity index (χ0) is 13.4. The Hall–Kier alpha value is -1.10. The lowest BCUT2D eigenvalue weighted by Crippen LogP contribution is -2.13. The summed E-state index contributed by atoms with van der Waals surface area (Å²) in [6, 6.07) is 14.3. The first-order valence-corrected chi connectivity index (χ1v) is 8.06. The number of hydrogen-bond donors (Lipinski definition) is 0. The first-order valence-electron chi connectivity index (χ1n) is 6.18. The summed E-state index contributed by atoms with van der Waals surface area (Å²) in [6.07, 6.45) is 0. The Morgan fingerprint density at radius 3 is 2.42 bits per heavy atom. The van der Waals surface area contributed by atoms with Crippen LogP contribution in [0.5, 0.6) is 0 Å². The molecular weight excluding hydrogens is 274 g/mol. The zero-order valence-corrected chi connectivity index (χ0v) is 12.6. The summed E-state index contributed by atoms with van der Waals surface area (Å²) in [6.45, 7) is 4.81. The molecule has 2 aromatic carbocycles. The molecule has 0 saturated carbocycles. The van der Waals surface area contributed by atoms with Gasteiger partial charge in [0, 0.05) is 11.4 Å². The summed E-state index contributed by atoms with van der Waals surface area (Å²) < 4.78 is 14.5. The van der Waals surface area contributed by atoms with E-state index in [9.17, 15) is 4.21 Å². The SMILES string of the molecule is Cc1ccc(C)c2c1SN(Cc1ccccc1)[S@@]2=O. The third-order valence-corrected chi connectivity index (χ3v) is 6.39. The molecule has 19 heavy (non-hydrogen) atoms. The number of benzene rings is 2. The van der Waals surface area contributed by atoms with Crippen molar-refractivity contribution in [3.63, 3.8) is 0 Å². The van der Waals surface area contributed by atoms with E-state index in [4.69, 9.17) is 0 Å². The van der Waals surface area contributed by atoms with Crippen LogP contribution in [0, 0.1) is 13.8 Å². The maximum absolute atomic E-state index is 12.6. The van der Waals surface area contributed by atoms with Gasteiger partial charge in [-0.3, -0.25) is 0 Å². The first kappa shape index (κ1) is 12.9. The van der Waals surface area contributed by atoms with Crippen LogP contribution in [0.25, 0.3) is 0 Å². The van der Waals surface area contributed by atoms with E-state index in [2.05, 4.69) is 31.2 Å². The van der Waals surface area contributed by atoms with Gasteiger partial charge in [-0.05, 0) is 42.5 Å². The molecule has 2 nitrogen and oxygen atoms in total. The topological polar surface area (TPSA) is 20.3 Å². The molecule has 0 amide bonds. The molecule has 0 N–H and O–H groups in total. The van der Waals surface area contributed by atoms with Gasteiger partial charge in [0.05, 0.1) is 4.90 Å². The molecule has 0 spiro atoms. The number of nitrogens with zero attached hydrogens (tertiary/aromatic N) is 1. The lowest BCUT2D eigenvalue weighted by Gasteiger charge is -2.11. The van der Waals surface area contributed by atoms with Crippen LogP contribution < -0.4 is 0 Å². The van der Waals surface area contributed by atoms with Gasteiger partial charge >= 0.3 is 0 Å². The summed E-state index contributed by atoms with van der Waals surface area (Å²) >= 11 is 1.61. The van der Waals surface area contributed by atoms with E-state index < -0.39 is 11.0 Å². The van der Waals surface area contributed by atoms with Crippen LogP contribution in [-0.2, 0) is 17.5 Å². The van der Waals surface area contributed by atoms with E-state index in [0.29, 0.717) is 6.54 Å². The second-order valence-corrected chi connectivity index (χ2v) is 7.28. The third kappa shape index (κ3) is 2.36. The molecule has 0 aliphatic carbocycles. The molecule has 3 rings (SSSR count). The summed E-state index contributed by atoms with van der Waals surface area (Å²) in [7, 11) is -1.06. The van der Waals surface area contributed by atoms with Crippen LogP contribution in [0.1, 0.15) is 16.7 Å². The van der Waals surface area contributed by atoms with Crippen molar-refractivity contribution in [2.24, 2.45) is 0 Å². The second kappa shape index (κ2) is 5.12. The van der Waals surface area contributed by atoms with Crippen molar-refractivity contribution in [1.82, 2.24) is 3.71 Å². The van der Waals surface area contributed by atoms with E-state index in [1.807, 2.05) is 28.8 Å². The Labute approximate surface area is 120 Å². The first-order chi connectivity index (χ1) is 9.16. The van der Waals surface area contributed by atoms with Crippen LogP contribution in [0.3, 0.4) is 0 Å². The van der Waals surface area contributed by atoms with Crippen molar-refractivity contribution in [3.05, 3.63) is 59.2 Å². The smallest absolute Gasteiger partial charge is 0.139 e. The van der Waals surface area contributed by atoms with Crippen LogP contribution >= 0.6 is 11.9 Å². The second-order valence-electron chi connectivity index (χ2n) is 4.67. The number of aryl methyl sites for hydroxylation is 2. The molecule has 1 aliphatic rings. The minimum absolute atomic E-state index is 0.700. The largest absolute Gasteiger partial charge is 0.236 e. The summed E-state index contributed by atoms with van der Waals surface area (Å²) in [5.74, 6) is 0. The van der Waals surface area contributed by atoms with Crippen molar-refractivity contribution in [2.45, 2.75) is 30.2 Å². The predicted molar refractivity (Wildman–Crippen MR) is 80.2 cm³/mol. The Morgan fingerprint density at radius 1 is 1.05 bits per heavy atom. The van der Waals surface area contributed by atoms with Crippen LogP contribution in [0.2, 0.25) is 0 Å². The third-order valence-electron chi connectivity index (χ3n) is 3.21. The van der Waals surface area contributed by atoms with Crippen molar-refractivity contribution < 1.29 is 4.21 Å². The number of fused-ring (bicyclic) bond motifs is 1. The van der Waals surface area contributed by atoms with Gasteiger partial charge in [0.2, 0.25) is 0 Å². The Kier molecular flexibility index (Phi) is 3.48. The fraction of sp³-hybridized carbons (Fsp3) is 0.200. The Bertz CT molecular complexity index is 640. The minimum atomic E-state index is -1.06. The molecule has 0 fully saturated rings. The van der Waals surface area contributed by atoms with Gasteiger partial charge in [-0.1, -0.05) is 42.5 Å². The van der Waals surface area contributed by atoms with Gasteiger partial charge in [-0.2, -0.15) is 3.71 Å². The van der Waals surface area contributed by atoms with Crippen molar-refractivity contribution in [1.29, 1.82) is 0 Å². The average Bonchev–Trinajstić information content (AvgIpc) is 2.74. The summed E-state index contributed by atoms with van der Waals surface area (Å²) in [5, 5.41) is 0. The number of hydrogen-bond acceptors (Lipinski definition) is 2. The fourth-order valence-corrected chi connectivity index (χ4v) is 5.20. The van der Waals surface area contributed by atoms with E-state index in [-0.39, 0.29) is 0 Å². The highest BCUT2D eigenvalue weighted by molar-refractivity contribution is 8.09. The molecule has 1 aliphatic heterocycles. The minimum Gasteiger partial charge on any atom is -0.236 e. The lowest BCUT2D eigenvalue weighted by atomic mass is 10.2. The van der Waals surface area contributed by atoms with Gasteiger partial charge < -0.3 is 0 Å². The highest BCUT2D eigenvalue weighted by atomic mass is 32.2. The summed E-state index contributed by atoms with van der Waals surface area (Å²) in [5.41, 5.74) is 3.50. The van der Waals surface area contributed by atoms with Gasteiger partial charge in [0.25, 0.3) is 0 Å². The van der Waals surface area contributed by atoms with Gasteiger partial charge in [0.15, 0.2) is 0 Å². The Balaban J connectivity index is 1.92. The lowest BCUT2D eigenvalue weighted by molar-refractivity contribution is 0.631. The predicted octanol–water partition coefficient (Wildman–Crippen LogP) is 3.85. The zero-order valence-electron chi connectivity index (χ0n) is 10.9. The van der Waals surface area contributed by atoms with Gasteiger partial charge in [-0.15, -0.1) is 0 Å².